The predicted octanol–water partition coefficient (Wildman–Crippen LogP) is 6.25. The maximum atomic E-state index is 6.45. The number of hydrogen-bond donors (Lipinski definition) is 0. The number of alkyl halides is 1. The normalized spacial score (nSPS) is 12.8. The van der Waals surface area contributed by atoms with Gasteiger partial charge in [0.2, 0.25) is 0 Å². The molecular weight excluding hydrogens is 395 g/mol. The van der Waals surface area contributed by atoms with E-state index in [4.69, 9.17) is 23.2 Å². The highest BCUT2D eigenvalue weighted by Crippen LogP contribution is 2.40. The second-order valence-corrected chi connectivity index (χ2v) is 6.69. The second kappa shape index (κ2) is 5.40. The molecule has 1 aromatic carbocycles. The van der Waals surface area contributed by atoms with Crippen molar-refractivity contribution >= 4 is 66.4 Å². The van der Waals surface area contributed by atoms with E-state index in [2.05, 4.69) is 31.9 Å². The first-order chi connectivity index (χ1) is 7.59. The van der Waals surface area contributed by atoms with Crippen LogP contribution in [0, 0.1) is 0 Å². The van der Waals surface area contributed by atoms with Crippen LogP contribution in [0.15, 0.2) is 38.6 Å². The highest BCUT2D eigenvalue weighted by Gasteiger charge is 2.18. The van der Waals surface area contributed by atoms with Crippen molar-refractivity contribution < 1.29 is 0 Å². The molecule has 0 aliphatic rings. The van der Waals surface area contributed by atoms with E-state index in [0.717, 1.165) is 19.4 Å². The van der Waals surface area contributed by atoms with E-state index in [1.165, 1.54) is 0 Å². The fourth-order valence-corrected chi connectivity index (χ4v) is 4.30. The number of halogens is 4. The Morgan fingerprint density at radius 3 is 2.50 bits per heavy atom. The molecule has 1 unspecified atom stereocenters. The van der Waals surface area contributed by atoms with Crippen molar-refractivity contribution in [1.82, 2.24) is 0 Å². The van der Waals surface area contributed by atoms with Crippen molar-refractivity contribution in [1.29, 1.82) is 0 Å². The first kappa shape index (κ1) is 12.9. The van der Waals surface area contributed by atoms with Gasteiger partial charge in [-0.25, -0.2) is 0 Å². The number of benzene rings is 1. The van der Waals surface area contributed by atoms with Gasteiger partial charge in [0.25, 0.3) is 0 Å². The molecule has 0 saturated carbocycles. The average Bonchev–Trinajstić information content (AvgIpc) is 2.67. The predicted molar refractivity (Wildman–Crippen MR) is 78.9 cm³/mol. The minimum Gasteiger partial charge on any atom is -0.146 e. The van der Waals surface area contributed by atoms with E-state index in [-0.39, 0.29) is 5.38 Å². The summed E-state index contributed by atoms with van der Waals surface area (Å²) in [7, 11) is 0. The lowest BCUT2D eigenvalue weighted by Gasteiger charge is -2.11. The van der Waals surface area contributed by atoms with Crippen LogP contribution in [0.2, 0.25) is 5.02 Å². The van der Waals surface area contributed by atoms with Gasteiger partial charge in [-0.15, -0.1) is 22.9 Å². The largest absolute Gasteiger partial charge is 0.146 e. The van der Waals surface area contributed by atoms with Gasteiger partial charge in [-0.05, 0) is 51.1 Å². The smallest absolute Gasteiger partial charge is 0.0950 e. The molecule has 0 saturated heterocycles. The summed E-state index contributed by atoms with van der Waals surface area (Å²) in [6.45, 7) is 0. The van der Waals surface area contributed by atoms with Gasteiger partial charge in [-0.1, -0.05) is 27.5 Å². The van der Waals surface area contributed by atoms with Crippen LogP contribution in [0.25, 0.3) is 0 Å². The van der Waals surface area contributed by atoms with E-state index in [0.29, 0.717) is 5.02 Å². The molecule has 2 aromatic rings. The Kier molecular flexibility index (Phi) is 4.36. The third-order valence-electron chi connectivity index (χ3n) is 2.11. The van der Waals surface area contributed by atoms with Crippen LogP contribution in [0.4, 0.5) is 0 Å². The Bertz CT molecular complexity index is 510. The maximum absolute atomic E-state index is 6.45. The third-order valence-corrected chi connectivity index (χ3v) is 5.58. The number of hydrogen-bond acceptors (Lipinski definition) is 1. The fraction of sp³-hybridized carbons (Fsp3) is 0.0909. The van der Waals surface area contributed by atoms with Gasteiger partial charge < -0.3 is 0 Å². The molecule has 1 atom stereocenters. The first-order valence-electron chi connectivity index (χ1n) is 4.41. The van der Waals surface area contributed by atoms with Gasteiger partial charge in [0.05, 0.1) is 5.38 Å². The number of thiophene rings is 1. The molecule has 0 N–H and O–H groups in total. The van der Waals surface area contributed by atoms with Crippen LogP contribution in [0.3, 0.4) is 0 Å². The quantitative estimate of drug-likeness (QED) is 0.522. The van der Waals surface area contributed by atoms with Crippen molar-refractivity contribution in [2.75, 3.05) is 0 Å². The molecule has 16 heavy (non-hydrogen) atoms. The molecule has 0 fully saturated rings. The average molecular weight is 401 g/mol. The third kappa shape index (κ3) is 2.65. The molecule has 1 heterocycles. The summed E-state index contributed by atoms with van der Waals surface area (Å²) < 4.78 is 2.00. The minimum atomic E-state index is -0.192. The highest BCUT2D eigenvalue weighted by atomic mass is 79.9. The van der Waals surface area contributed by atoms with E-state index >= 15 is 0 Å². The van der Waals surface area contributed by atoms with Gasteiger partial charge in [0.15, 0.2) is 0 Å². The Labute approximate surface area is 125 Å². The van der Waals surface area contributed by atoms with Crippen LogP contribution < -0.4 is 0 Å². The van der Waals surface area contributed by atoms with E-state index in [1.807, 2.05) is 29.6 Å². The summed E-state index contributed by atoms with van der Waals surface area (Å²) in [6, 6.07) is 7.63. The summed E-state index contributed by atoms with van der Waals surface area (Å²) in [6.07, 6.45) is 0. The molecule has 2 rings (SSSR count). The number of rotatable bonds is 2. The van der Waals surface area contributed by atoms with E-state index in [1.54, 1.807) is 11.3 Å². The summed E-state index contributed by atoms with van der Waals surface area (Å²) >= 11 is 21.0. The van der Waals surface area contributed by atoms with Crippen molar-refractivity contribution in [2.45, 2.75) is 5.38 Å². The SMILES string of the molecule is Clc1ccc(Br)c(C(Cl)c2sccc2Br)c1. The molecule has 0 aliphatic heterocycles. The Balaban J connectivity index is 2.45. The molecule has 0 bridgehead atoms. The standard InChI is InChI=1S/C11H6Br2Cl2S/c12-8-2-1-6(14)5-7(8)10(15)11-9(13)3-4-16-11/h1-5,10H. The first-order valence-corrected chi connectivity index (χ1v) is 7.69. The van der Waals surface area contributed by atoms with Gasteiger partial charge in [0.1, 0.15) is 0 Å². The molecule has 0 spiro atoms. The van der Waals surface area contributed by atoms with Gasteiger partial charge >= 0.3 is 0 Å². The van der Waals surface area contributed by atoms with Crippen molar-refractivity contribution in [2.24, 2.45) is 0 Å². The Morgan fingerprint density at radius 2 is 1.88 bits per heavy atom. The lowest BCUT2D eigenvalue weighted by molar-refractivity contribution is 1.16. The molecule has 0 radical (unpaired) electrons. The highest BCUT2D eigenvalue weighted by molar-refractivity contribution is 9.10. The molecule has 1 aromatic heterocycles. The van der Waals surface area contributed by atoms with Crippen molar-refractivity contribution in [3.63, 3.8) is 0 Å². The summed E-state index contributed by atoms with van der Waals surface area (Å²) in [5.74, 6) is 0. The molecule has 5 heteroatoms. The van der Waals surface area contributed by atoms with Crippen LogP contribution >= 0.6 is 66.4 Å². The fourth-order valence-electron chi connectivity index (χ4n) is 1.34. The van der Waals surface area contributed by atoms with E-state index < -0.39 is 0 Å². The maximum Gasteiger partial charge on any atom is 0.0950 e. The van der Waals surface area contributed by atoms with Crippen LogP contribution in [-0.2, 0) is 0 Å². The summed E-state index contributed by atoms with van der Waals surface area (Å²) in [4.78, 5) is 1.09. The molecule has 0 nitrogen and oxygen atoms in total. The zero-order valence-corrected chi connectivity index (χ0v) is 13.4. The van der Waals surface area contributed by atoms with Gasteiger partial charge in [0, 0.05) is 18.8 Å². The Morgan fingerprint density at radius 1 is 1.12 bits per heavy atom. The lowest BCUT2D eigenvalue weighted by Crippen LogP contribution is -1.92. The second-order valence-electron chi connectivity index (χ2n) is 3.16. The zero-order valence-electron chi connectivity index (χ0n) is 7.88. The van der Waals surface area contributed by atoms with Gasteiger partial charge in [-0.3, -0.25) is 0 Å². The van der Waals surface area contributed by atoms with Crippen molar-refractivity contribution in [3.8, 4) is 0 Å². The van der Waals surface area contributed by atoms with Crippen LogP contribution in [0.1, 0.15) is 15.8 Å². The summed E-state index contributed by atoms with van der Waals surface area (Å²) in [5.41, 5.74) is 0.984. The molecule has 0 amide bonds. The minimum absolute atomic E-state index is 0.192. The Hall–Kier alpha value is 0.460. The zero-order chi connectivity index (χ0) is 11.7. The van der Waals surface area contributed by atoms with Crippen LogP contribution in [-0.4, -0.2) is 0 Å². The molecule has 84 valence electrons. The molecular formula is C11H6Br2Cl2S. The topological polar surface area (TPSA) is 0 Å². The molecule has 0 aliphatic carbocycles. The van der Waals surface area contributed by atoms with Crippen LogP contribution in [0.5, 0.6) is 0 Å². The van der Waals surface area contributed by atoms with Gasteiger partial charge in [-0.2, -0.15) is 0 Å². The van der Waals surface area contributed by atoms with E-state index in [9.17, 15) is 0 Å². The monoisotopic (exact) mass is 398 g/mol. The lowest BCUT2D eigenvalue weighted by atomic mass is 10.1. The van der Waals surface area contributed by atoms with Crippen molar-refractivity contribution in [3.05, 3.63) is 54.1 Å². The summed E-state index contributed by atoms with van der Waals surface area (Å²) in [5, 5.41) is 2.51.